The first-order valence-electron chi connectivity index (χ1n) is 5.82. The fourth-order valence-electron chi connectivity index (χ4n) is 1.91. The maximum absolute atomic E-state index is 12.3. The average Bonchev–Trinajstić information content (AvgIpc) is 2.72. The highest BCUT2D eigenvalue weighted by Crippen LogP contribution is 2.30. The second-order valence-electron chi connectivity index (χ2n) is 4.43. The van der Waals surface area contributed by atoms with Crippen LogP contribution < -0.4 is 4.74 Å². The first-order chi connectivity index (χ1) is 9.71. The van der Waals surface area contributed by atoms with Crippen LogP contribution in [0.5, 0.6) is 5.75 Å². The Kier molecular flexibility index (Phi) is 4.69. The number of nitrogens with zero attached hydrogens (tertiary/aromatic N) is 1. The van der Waals surface area contributed by atoms with Gasteiger partial charge in [-0.3, -0.25) is 0 Å². The Balaban J connectivity index is 2.27. The summed E-state index contributed by atoms with van der Waals surface area (Å²) in [4.78, 5) is -0.240. The zero-order valence-electron chi connectivity index (χ0n) is 10.5. The summed E-state index contributed by atoms with van der Waals surface area (Å²) in [5.41, 5.74) is 0. The van der Waals surface area contributed by atoms with Crippen molar-refractivity contribution < 1.29 is 32.1 Å². The molecule has 10 heteroatoms. The van der Waals surface area contributed by atoms with Gasteiger partial charge in [-0.05, 0) is 18.2 Å². The lowest BCUT2D eigenvalue weighted by Crippen LogP contribution is -2.30. The molecule has 1 saturated heterocycles. The van der Waals surface area contributed by atoms with Crippen molar-refractivity contribution in [2.24, 2.45) is 0 Å². The van der Waals surface area contributed by atoms with E-state index in [1.807, 2.05) is 0 Å². The summed E-state index contributed by atoms with van der Waals surface area (Å²) in [5.74, 6) is -0.341. The van der Waals surface area contributed by atoms with Crippen LogP contribution in [0.1, 0.15) is 0 Å². The second-order valence-corrected chi connectivity index (χ2v) is 6.77. The van der Waals surface area contributed by atoms with E-state index in [9.17, 15) is 27.4 Å². The molecule has 1 aromatic carbocycles. The number of hydrogen-bond acceptors (Lipinski definition) is 5. The molecule has 0 amide bonds. The Morgan fingerprint density at radius 2 is 1.86 bits per heavy atom. The Hall–Kier alpha value is -1.00. The van der Waals surface area contributed by atoms with Crippen LogP contribution in [0.25, 0.3) is 0 Å². The van der Waals surface area contributed by atoms with Crippen LogP contribution in [0, 0.1) is 0 Å². The highest BCUT2D eigenvalue weighted by atomic mass is 35.5. The van der Waals surface area contributed by atoms with E-state index in [0.29, 0.717) is 0 Å². The molecule has 21 heavy (non-hydrogen) atoms. The second kappa shape index (κ2) is 6.01. The van der Waals surface area contributed by atoms with Crippen LogP contribution in [0.3, 0.4) is 0 Å². The Labute approximate surface area is 124 Å². The number of ether oxygens (including phenoxy) is 1. The number of halogens is 3. The van der Waals surface area contributed by atoms with Gasteiger partial charge in [-0.1, -0.05) is 11.6 Å². The van der Waals surface area contributed by atoms with Gasteiger partial charge < -0.3 is 14.9 Å². The fourth-order valence-corrected chi connectivity index (χ4v) is 3.71. The number of hydrogen-bond donors (Lipinski definition) is 2. The summed E-state index contributed by atoms with van der Waals surface area (Å²) in [6.07, 6.45) is -2.34. The first kappa shape index (κ1) is 16.4. The third kappa shape index (κ3) is 3.43. The lowest BCUT2D eigenvalue weighted by molar-refractivity contribution is -0.0498. The number of aliphatic hydroxyl groups is 2. The van der Waals surface area contributed by atoms with Gasteiger partial charge in [0.2, 0.25) is 10.0 Å². The van der Waals surface area contributed by atoms with Gasteiger partial charge in [0.25, 0.3) is 0 Å². The number of benzene rings is 1. The molecule has 1 fully saturated rings. The lowest BCUT2D eigenvalue weighted by Gasteiger charge is -2.16. The zero-order valence-corrected chi connectivity index (χ0v) is 12.1. The predicted octanol–water partition coefficient (Wildman–Crippen LogP) is 0.667. The number of sulfonamides is 1. The molecule has 0 radical (unpaired) electrons. The van der Waals surface area contributed by atoms with Crippen molar-refractivity contribution in [2.75, 3.05) is 13.1 Å². The molecule has 2 atom stereocenters. The van der Waals surface area contributed by atoms with Gasteiger partial charge in [-0.25, -0.2) is 8.42 Å². The molecule has 0 aliphatic carbocycles. The van der Waals surface area contributed by atoms with E-state index in [4.69, 9.17) is 11.6 Å². The van der Waals surface area contributed by atoms with Crippen molar-refractivity contribution in [1.29, 1.82) is 0 Å². The van der Waals surface area contributed by atoms with Gasteiger partial charge >= 0.3 is 6.61 Å². The summed E-state index contributed by atoms with van der Waals surface area (Å²) in [7, 11) is -3.99. The summed E-state index contributed by atoms with van der Waals surface area (Å²) in [5, 5.41) is 18.5. The monoisotopic (exact) mass is 343 g/mol. The van der Waals surface area contributed by atoms with Gasteiger partial charge in [0.05, 0.1) is 22.1 Å². The molecule has 1 heterocycles. The standard InChI is InChI=1S/C11H12ClF2NO5S/c12-7-3-6(1-2-10(7)20-11(13)14)21(18,19)15-4-8(16)9(17)5-15/h1-3,8-9,11,16-17H,4-5H2. The van der Waals surface area contributed by atoms with Crippen LogP contribution in [-0.2, 0) is 10.0 Å². The molecule has 1 aliphatic heterocycles. The van der Waals surface area contributed by atoms with Crippen molar-refractivity contribution in [3.05, 3.63) is 23.2 Å². The molecule has 1 aliphatic rings. The van der Waals surface area contributed by atoms with Gasteiger partial charge in [-0.15, -0.1) is 0 Å². The smallest absolute Gasteiger partial charge is 0.387 e. The first-order valence-corrected chi connectivity index (χ1v) is 7.64. The van der Waals surface area contributed by atoms with E-state index in [1.54, 1.807) is 0 Å². The SMILES string of the molecule is O=S(=O)(c1ccc(OC(F)F)c(Cl)c1)N1CC(O)C(O)C1. The molecule has 118 valence electrons. The summed E-state index contributed by atoms with van der Waals surface area (Å²) < 4.78 is 53.8. The molecule has 1 aromatic rings. The topological polar surface area (TPSA) is 87.1 Å². The van der Waals surface area contributed by atoms with Gasteiger partial charge in [0, 0.05) is 13.1 Å². The van der Waals surface area contributed by atoms with E-state index >= 15 is 0 Å². The molecule has 2 unspecified atom stereocenters. The van der Waals surface area contributed by atoms with E-state index in [0.717, 1.165) is 22.5 Å². The Morgan fingerprint density at radius 3 is 2.33 bits per heavy atom. The Morgan fingerprint density at radius 1 is 1.29 bits per heavy atom. The lowest BCUT2D eigenvalue weighted by atomic mass is 10.3. The molecule has 6 nitrogen and oxygen atoms in total. The quantitative estimate of drug-likeness (QED) is 0.839. The van der Waals surface area contributed by atoms with Crippen LogP contribution in [0.2, 0.25) is 5.02 Å². The fraction of sp³-hybridized carbons (Fsp3) is 0.455. The van der Waals surface area contributed by atoms with E-state index in [2.05, 4.69) is 4.74 Å². The minimum Gasteiger partial charge on any atom is -0.433 e. The number of aliphatic hydroxyl groups excluding tert-OH is 2. The molecule has 2 rings (SSSR count). The van der Waals surface area contributed by atoms with Crippen LogP contribution in [-0.4, -0.2) is 54.8 Å². The minimum atomic E-state index is -3.99. The van der Waals surface area contributed by atoms with Crippen molar-refractivity contribution in [1.82, 2.24) is 4.31 Å². The molecule has 2 N–H and O–H groups in total. The summed E-state index contributed by atoms with van der Waals surface area (Å²) >= 11 is 5.70. The average molecular weight is 344 g/mol. The molecular weight excluding hydrogens is 332 g/mol. The van der Waals surface area contributed by atoms with E-state index in [1.165, 1.54) is 0 Å². The highest BCUT2D eigenvalue weighted by molar-refractivity contribution is 7.89. The molecular formula is C11H12ClF2NO5S. The van der Waals surface area contributed by atoms with E-state index in [-0.39, 0.29) is 28.8 Å². The van der Waals surface area contributed by atoms with Crippen LogP contribution in [0.15, 0.2) is 23.1 Å². The third-order valence-corrected chi connectivity index (χ3v) is 5.11. The molecule has 0 aromatic heterocycles. The minimum absolute atomic E-state index is 0.240. The van der Waals surface area contributed by atoms with Crippen molar-refractivity contribution in [2.45, 2.75) is 23.7 Å². The van der Waals surface area contributed by atoms with Crippen molar-refractivity contribution in [3.8, 4) is 5.75 Å². The zero-order chi connectivity index (χ0) is 15.8. The number of rotatable bonds is 4. The molecule has 0 bridgehead atoms. The Bertz CT molecular complexity index is 617. The molecule has 0 saturated carbocycles. The number of alkyl halides is 2. The summed E-state index contributed by atoms with van der Waals surface area (Å²) in [6, 6.07) is 3.06. The maximum Gasteiger partial charge on any atom is 0.387 e. The largest absolute Gasteiger partial charge is 0.433 e. The third-order valence-electron chi connectivity index (χ3n) is 2.98. The van der Waals surface area contributed by atoms with E-state index < -0.39 is 28.8 Å². The number of β-amino-alcohol motifs (C(OH)–C–C–N with tert-alkyl or cyclic N) is 2. The highest BCUT2D eigenvalue weighted by Gasteiger charge is 2.37. The van der Waals surface area contributed by atoms with Crippen molar-refractivity contribution >= 4 is 21.6 Å². The van der Waals surface area contributed by atoms with Gasteiger partial charge in [0.15, 0.2) is 0 Å². The maximum atomic E-state index is 12.3. The van der Waals surface area contributed by atoms with Gasteiger partial charge in [-0.2, -0.15) is 13.1 Å². The normalized spacial score (nSPS) is 23.7. The van der Waals surface area contributed by atoms with Crippen LogP contribution in [0.4, 0.5) is 8.78 Å². The van der Waals surface area contributed by atoms with Crippen molar-refractivity contribution in [3.63, 3.8) is 0 Å². The molecule has 0 spiro atoms. The van der Waals surface area contributed by atoms with Gasteiger partial charge in [0.1, 0.15) is 5.75 Å². The van der Waals surface area contributed by atoms with Crippen LogP contribution >= 0.6 is 11.6 Å². The summed E-state index contributed by atoms with van der Waals surface area (Å²) in [6.45, 7) is -3.58. The predicted molar refractivity (Wildman–Crippen MR) is 68.9 cm³/mol.